The van der Waals surface area contributed by atoms with Crippen LogP contribution in [0.2, 0.25) is 0 Å². The van der Waals surface area contributed by atoms with E-state index < -0.39 is 0 Å². The number of nitrogens with zero attached hydrogens (tertiary/aromatic N) is 1. The summed E-state index contributed by atoms with van der Waals surface area (Å²) in [5, 5.41) is 0. The summed E-state index contributed by atoms with van der Waals surface area (Å²) in [6.07, 6.45) is 6.73. The lowest BCUT2D eigenvalue weighted by Gasteiger charge is -2.52. The van der Waals surface area contributed by atoms with Crippen LogP contribution in [0.4, 0.5) is 0 Å². The zero-order valence-corrected chi connectivity index (χ0v) is 11.6. The molecule has 2 bridgehead atoms. The van der Waals surface area contributed by atoms with E-state index in [1.54, 1.807) is 0 Å². The first-order chi connectivity index (χ1) is 7.85. The van der Waals surface area contributed by atoms with Gasteiger partial charge in [-0.05, 0) is 66.3 Å². The third-order valence-corrected chi connectivity index (χ3v) is 4.26. The third kappa shape index (κ3) is 2.35. The summed E-state index contributed by atoms with van der Waals surface area (Å²) >= 11 is 0. The number of fused-ring (bicyclic) bond motifs is 2. The Morgan fingerprint density at radius 3 is 2.24 bits per heavy atom. The number of likely N-dealkylation sites (N-methyl/N-ethyl adjacent to an activating group) is 1. The summed E-state index contributed by atoms with van der Waals surface area (Å²) in [6.45, 7) is 5.85. The predicted octanol–water partition coefficient (Wildman–Crippen LogP) is 2.74. The molecule has 0 radical (unpaired) electrons. The lowest BCUT2D eigenvalue weighted by atomic mass is 9.74. The molecule has 3 nitrogen and oxygen atoms in total. The van der Waals surface area contributed by atoms with Crippen molar-refractivity contribution in [1.82, 2.24) is 4.90 Å². The van der Waals surface area contributed by atoms with Crippen LogP contribution in [0.1, 0.15) is 59.3 Å². The van der Waals surface area contributed by atoms with E-state index in [-0.39, 0.29) is 17.1 Å². The Hall–Kier alpha value is -0.570. The van der Waals surface area contributed by atoms with Gasteiger partial charge in [-0.1, -0.05) is 0 Å². The molecule has 98 valence electrons. The molecule has 2 rings (SSSR count). The fourth-order valence-corrected chi connectivity index (χ4v) is 3.34. The van der Waals surface area contributed by atoms with E-state index in [4.69, 9.17) is 4.74 Å². The van der Waals surface area contributed by atoms with Crippen LogP contribution in [0.5, 0.6) is 0 Å². The van der Waals surface area contributed by atoms with Gasteiger partial charge in [0.05, 0.1) is 0 Å². The van der Waals surface area contributed by atoms with Crippen LogP contribution in [0.3, 0.4) is 0 Å². The molecule has 0 N–H and O–H groups in total. The highest BCUT2D eigenvalue weighted by Gasteiger charge is 2.51. The minimum Gasteiger partial charge on any atom is -0.459 e. The number of esters is 1. The summed E-state index contributed by atoms with van der Waals surface area (Å²) < 4.78 is 5.64. The van der Waals surface area contributed by atoms with Crippen molar-refractivity contribution >= 4 is 5.97 Å². The highest BCUT2D eigenvalue weighted by molar-refractivity contribution is 5.81. The lowest BCUT2D eigenvalue weighted by Crippen LogP contribution is -2.62. The van der Waals surface area contributed by atoms with Gasteiger partial charge in [-0.3, -0.25) is 9.69 Å². The zero-order chi connectivity index (χ0) is 12.7. The average molecular weight is 239 g/mol. The van der Waals surface area contributed by atoms with Gasteiger partial charge >= 0.3 is 5.97 Å². The van der Waals surface area contributed by atoms with E-state index in [1.165, 1.54) is 12.8 Å². The molecule has 2 fully saturated rings. The van der Waals surface area contributed by atoms with E-state index in [9.17, 15) is 4.79 Å². The number of ether oxygens (including phenoxy) is 1. The van der Waals surface area contributed by atoms with E-state index in [0.717, 1.165) is 25.7 Å². The summed E-state index contributed by atoms with van der Waals surface area (Å²) in [4.78, 5) is 14.8. The van der Waals surface area contributed by atoms with Crippen LogP contribution in [-0.2, 0) is 9.53 Å². The molecule has 2 aliphatic rings. The van der Waals surface area contributed by atoms with Crippen LogP contribution < -0.4 is 0 Å². The monoisotopic (exact) mass is 239 g/mol. The highest BCUT2D eigenvalue weighted by Crippen LogP contribution is 2.42. The van der Waals surface area contributed by atoms with Crippen LogP contribution >= 0.6 is 0 Å². The van der Waals surface area contributed by atoms with Crippen LogP contribution in [0.15, 0.2) is 0 Å². The second-order valence-electron chi connectivity index (χ2n) is 6.58. The van der Waals surface area contributed by atoms with Crippen molar-refractivity contribution in [3.63, 3.8) is 0 Å². The first-order valence-electron chi connectivity index (χ1n) is 6.81. The van der Waals surface area contributed by atoms with Crippen molar-refractivity contribution in [2.24, 2.45) is 0 Å². The normalized spacial score (nSPS) is 34.5. The molecule has 0 saturated carbocycles. The molecular weight excluding hydrogens is 214 g/mol. The molecule has 3 heteroatoms. The average Bonchev–Trinajstić information content (AvgIpc) is 2.14. The van der Waals surface area contributed by atoms with Gasteiger partial charge in [-0.15, -0.1) is 0 Å². The third-order valence-electron chi connectivity index (χ3n) is 4.26. The van der Waals surface area contributed by atoms with Crippen molar-refractivity contribution in [3.8, 4) is 0 Å². The first kappa shape index (κ1) is 12.9. The predicted molar refractivity (Wildman–Crippen MR) is 67.8 cm³/mol. The Morgan fingerprint density at radius 2 is 1.76 bits per heavy atom. The fourth-order valence-electron chi connectivity index (χ4n) is 3.34. The van der Waals surface area contributed by atoms with Crippen LogP contribution in [-0.4, -0.2) is 35.1 Å². The minimum atomic E-state index is -0.378. The molecule has 0 amide bonds. The van der Waals surface area contributed by atoms with E-state index in [2.05, 4.69) is 11.9 Å². The first-order valence-corrected chi connectivity index (χ1v) is 6.81. The smallest absolute Gasteiger partial charge is 0.327 e. The number of piperidine rings is 2. The van der Waals surface area contributed by atoms with Gasteiger partial charge in [0.1, 0.15) is 11.1 Å². The Kier molecular flexibility index (Phi) is 3.23. The van der Waals surface area contributed by atoms with Crippen molar-refractivity contribution in [1.29, 1.82) is 0 Å². The number of hydrogen-bond donors (Lipinski definition) is 0. The number of rotatable bonds is 1. The van der Waals surface area contributed by atoms with Crippen LogP contribution in [0, 0.1) is 0 Å². The van der Waals surface area contributed by atoms with Gasteiger partial charge in [-0.25, -0.2) is 0 Å². The van der Waals surface area contributed by atoms with Gasteiger partial charge in [0, 0.05) is 6.04 Å². The van der Waals surface area contributed by atoms with Gasteiger partial charge in [0.2, 0.25) is 0 Å². The molecule has 2 saturated heterocycles. The zero-order valence-electron chi connectivity index (χ0n) is 11.6. The number of carbonyl (C=O) groups is 1. The number of carbonyl (C=O) groups excluding carboxylic acids is 1. The maximum atomic E-state index is 12.5. The second-order valence-corrected chi connectivity index (χ2v) is 6.58. The quantitative estimate of drug-likeness (QED) is 0.659. The van der Waals surface area contributed by atoms with E-state index >= 15 is 0 Å². The lowest BCUT2D eigenvalue weighted by molar-refractivity contribution is -0.177. The Balaban J connectivity index is 2.18. The molecule has 0 atom stereocenters. The van der Waals surface area contributed by atoms with Crippen molar-refractivity contribution < 1.29 is 9.53 Å². The molecule has 2 aliphatic heterocycles. The Labute approximate surface area is 105 Å². The Bertz CT molecular complexity index is 296. The molecule has 0 aromatic heterocycles. The van der Waals surface area contributed by atoms with Crippen molar-refractivity contribution in [3.05, 3.63) is 0 Å². The molecule has 0 spiro atoms. The van der Waals surface area contributed by atoms with Crippen molar-refractivity contribution in [2.75, 3.05) is 7.05 Å². The second kappa shape index (κ2) is 4.27. The molecular formula is C14H25NO2. The summed E-state index contributed by atoms with van der Waals surface area (Å²) in [6, 6.07) is 0.588. The Morgan fingerprint density at radius 1 is 1.24 bits per heavy atom. The van der Waals surface area contributed by atoms with Gasteiger partial charge in [0.15, 0.2) is 0 Å². The SMILES string of the molecule is CN1C2CCCC1(C(=O)OC(C)(C)C)CCC2. The van der Waals surface area contributed by atoms with E-state index in [0.29, 0.717) is 6.04 Å². The van der Waals surface area contributed by atoms with Gasteiger partial charge in [-0.2, -0.15) is 0 Å². The minimum absolute atomic E-state index is 0.00287. The molecule has 2 heterocycles. The summed E-state index contributed by atoms with van der Waals surface area (Å²) in [7, 11) is 2.10. The standard InChI is InChI=1S/C14H25NO2/c1-13(2,3)17-12(16)14-9-5-7-11(15(14)4)8-6-10-14/h11H,5-10H2,1-4H3. The maximum absolute atomic E-state index is 12.5. The van der Waals surface area contributed by atoms with Gasteiger partial charge < -0.3 is 4.74 Å². The fraction of sp³-hybridized carbons (Fsp3) is 0.929. The summed E-state index contributed by atoms with van der Waals surface area (Å²) in [5.41, 5.74) is -0.703. The van der Waals surface area contributed by atoms with Gasteiger partial charge in [0.25, 0.3) is 0 Å². The maximum Gasteiger partial charge on any atom is 0.327 e. The van der Waals surface area contributed by atoms with E-state index in [1.807, 2.05) is 20.8 Å². The summed E-state index contributed by atoms with van der Waals surface area (Å²) in [5.74, 6) is -0.00287. The molecule has 0 aromatic carbocycles. The molecule has 17 heavy (non-hydrogen) atoms. The molecule has 0 aliphatic carbocycles. The molecule has 0 unspecified atom stereocenters. The highest BCUT2D eigenvalue weighted by atomic mass is 16.6. The molecule has 0 aromatic rings. The van der Waals surface area contributed by atoms with Crippen LogP contribution in [0.25, 0.3) is 0 Å². The number of hydrogen-bond acceptors (Lipinski definition) is 3. The topological polar surface area (TPSA) is 29.5 Å². The largest absolute Gasteiger partial charge is 0.459 e. The van der Waals surface area contributed by atoms with Crippen molar-refractivity contribution in [2.45, 2.75) is 76.5 Å².